The molecule has 2 aromatic carbocycles. The maximum Gasteiger partial charge on any atom is 0.333 e. The zero-order valence-electron chi connectivity index (χ0n) is 19.1. The molecule has 3 heterocycles. The molecule has 1 saturated heterocycles. The van der Waals surface area contributed by atoms with E-state index in [2.05, 4.69) is 19.9 Å². The van der Waals surface area contributed by atoms with E-state index in [-0.39, 0.29) is 16.8 Å². The van der Waals surface area contributed by atoms with E-state index in [4.69, 9.17) is 0 Å². The molecule has 0 unspecified atom stereocenters. The number of imide groups is 2. The van der Waals surface area contributed by atoms with E-state index < -0.39 is 17.8 Å². The number of barbiturate groups is 1. The predicted octanol–water partition coefficient (Wildman–Crippen LogP) is 5.43. The number of nitrogens with zero attached hydrogens (tertiary/aromatic N) is 3. The van der Waals surface area contributed by atoms with Gasteiger partial charge in [0.15, 0.2) is 0 Å². The predicted molar refractivity (Wildman–Crippen MR) is 130 cm³/mol. The molecule has 172 valence electrons. The lowest BCUT2D eigenvalue weighted by Crippen LogP contribution is -2.52. The number of thiophene rings is 1. The van der Waals surface area contributed by atoms with Crippen LogP contribution < -0.4 is 4.90 Å². The van der Waals surface area contributed by atoms with E-state index in [1.807, 2.05) is 41.3 Å². The molecule has 34 heavy (non-hydrogen) atoms. The molecule has 0 saturated carbocycles. The lowest BCUT2D eigenvalue weighted by Gasteiger charge is -2.41. The quantitative estimate of drug-likeness (QED) is 0.366. The molecule has 0 N–H and O–H groups in total. The van der Waals surface area contributed by atoms with Crippen molar-refractivity contribution in [1.82, 2.24) is 9.80 Å². The smallest absolute Gasteiger partial charge is 0.301 e. The zero-order valence-corrected chi connectivity index (χ0v) is 19.9. The van der Waals surface area contributed by atoms with Crippen molar-refractivity contribution >= 4 is 51.6 Å². The third-order valence-corrected chi connectivity index (χ3v) is 7.47. The van der Waals surface area contributed by atoms with Crippen LogP contribution in [-0.2, 0) is 15.0 Å². The number of likely N-dealkylation sites (N-methyl/N-ethyl adjacent to an activating group) is 2. The highest BCUT2D eigenvalue weighted by Crippen LogP contribution is 2.53. The second-order valence-electron chi connectivity index (χ2n) is 8.88. The van der Waals surface area contributed by atoms with Crippen LogP contribution in [0.1, 0.15) is 29.9 Å². The first kappa shape index (κ1) is 22.0. The van der Waals surface area contributed by atoms with Gasteiger partial charge >= 0.3 is 6.03 Å². The molecule has 1 fully saturated rings. The second kappa shape index (κ2) is 7.63. The van der Waals surface area contributed by atoms with Crippen molar-refractivity contribution < 1.29 is 18.8 Å². The van der Waals surface area contributed by atoms with Crippen LogP contribution in [0, 0.1) is 5.82 Å². The van der Waals surface area contributed by atoms with Crippen molar-refractivity contribution in [3.8, 4) is 0 Å². The van der Waals surface area contributed by atoms with E-state index in [1.54, 1.807) is 0 Å². The van der Waals surface area contributed by atoms with Gasteiger partial charge in [0, 0.05) is 24.4 Å². The lowest BCUT2D eigenvalue weighted by atomic mass is 9.74. The van der Waals surface area contributed by atoms with Crippen LogP contribution in [0.4, 0.5) is 25.6 Å². The van der Waals surface area contributed by atoms with Crippen molar-refractivity contribution in [2.45, 2.75) is 19.3 Å². The van der Waals surface area contributed by atoms with Crippen LogP contribution in [0.2, 0.25) is 0 Å². The third kappa shape index (κ3) is 3.17. The second-order valence-corrected chi connectivity index (χ2v) is 9.98. The molecule has 8 heteroatoms. The number of carbonyl (C=O) groups is 3. The molecular formula is C26H22FN3O3S. The van der Waals surface area contributed by atoms with Crippen molar-refractivity contribution in [1.29, 1.82) is 0 Å². The Morgan fingerprint density at radius 1 is 0.853 bits per heavy atom. The number of urea groups is 1. The van der Waals surface area contributed by atoms with Gasteiger partial charge in [-0.15, -0.1) is 11.3 Å². The highest BCUT2D eigenvalue weighted by molar-refractivity contribution is 7.17. The fourth-order valence-electron chi connectivity index (χ4n) is 4.58. The summed E-state index contributed by atoms with van der Waals surface area (Å²) in [4.78, 5) is 41.7. The first-order valence-corrected chi connectivity index (χ1v) is 11.5. The number of hydrogen-bond donors (Lipinski definition) is 0. The minimum absolute atomic E-state index is 0.0791. The maximum atomic E-state index is 14.4. The van der Waals surface area contributed by atoms with Crippen LogP contribution in [0.25, 0.3) is 6.08 Å². The highest BCUT2D eigenvalue weighted by atomic mass is 32.1. The minimum atomic E-state index is -0.662. The van der Waals surface area contributed by atoms with Gasteiger partial charge in [0.1, 0.15) is 16.4 Å². The summed E-state index contributed by atoms with van der Waals surface area (Å²) in [7, 11) is 2.69. The summed E-state index contributed by atoms with van der Waals surface area (Å²) in [6.07, 6.45) is 1.50. The summed E-state index contributed by atoms with van der Waals surface area (Å²) in [6.45, 7) is 4.25. The van der Waals surface area contributed by atoms with E-state index in [9.17, 15) is 18.8 Å². The fourth-order valence-corrected chi connectivity index (χ4v) is 5.56. The van der Waals surface area contributed by atoms with Crippen LogP contribution in [0.5, 0.6) is 0 Å². The van der Waals surface area contributed by atoms with Crippen LogP contribution in [0.3, 0.4) is 0 Å². The summed E-state index contributed by atoms with van der Waals surface area (Å²) in [5.41, 5.74) is 3.41. The molecular weight excluding hydrogens is 453 g/mol. The molecule has 0 aliphatic carbocycles. The fraction of sp³-hybridized carbons (Fsp3) is 0.192. The van der Waals surface area contributed by atoms with Crippen LogP contribution in [-0.4, -0.2) is 41.7 Å². The Bertz CT molecular complexity index is 1380. The van der Waals surface area contributed by atoms with Gasteiger partial charge in [-0.05, 0) is 47.5 Å². The normalized spacial score (nSPS) is 17.1. The number of fused-ring (bicyclic) bond motifs is 2. The molecule has 0 bridgehead atoms. The minimum Gasteiger partial charge on any atom is -0.301 e. The Balaban J connectivity index is 1.62. The number of carbonyl (C=O) groups excluding carboxylic acids is 3. The Kier molecular flexibility index (Phi) is 4.95. The molecule has 3 aromatic rings. The Morgan fingerprint density at radius 2 is 1.50 bits per heavy atom. The summed E-state index contributed by atoms with van der Waals surface area (Å²) in [6, 6.07) is 15.9. The SMILES string of the molecule is CN1C(=O)C(=Cc2ccc(N3c4ccccc4C(C)(C)c4ccc(F)cc43)s2)C(=O)N(C)C1=O. The van der Waals surface area contributed by atoms with Gasteiger partial charge in [-0.2, -0.15) is 0 Å². The maximum absolute atomic E-state index is 14.4. The van der Waals surface area contributed by atoms with Gasteiger partial charge in [0.05, 0.1) is 11.4 Å². The number of para-hydroxylation sites is 1. The summed E-state index contributed by atoms with van der Waals surface area (Å²) in [5.74, 6) is -1.60. The van der Waals surface area contributed by atoms with Gasteiger partial charge in [-0.25, -0.2) is 9.18 Å². The number of rotatable bonds is 2. The summed E-state index contributed by atoms with van der Waals surface area (Å²) in [5, 5.41) is 0.815. The van der Waals surface area contributed by atoms with Crippen LogP contribution >= 0.6 is 11.3 Å². The summed E-state index contributed by atoms with van der Waals surface area (Å²) >= 11 is 1.37. The summed E-state index contributed by atoms with van der Waals surface area (Å²) < 4.78 is 14.4. The molecule has 1 aromatic heterocycles. The number of benzene rings is 2. The molecule has 4 amide bonds. The largest absolute Gasteiger partial charge is 0.333 e. The van der Waals surface area contributed by atoms with Crippen molar-refractivity contribution in [2.24, 2.45) is 0 Å². The lowest BCUT2D eigenvalue weighted by molar-refractivity contribution is -0.134. The topological polar surface area (TPSA) is 60.9 Å². The Morgan fingerprint density at radius 3 is 2.21 bits per heavy atom. The third-order valence-electron chi connectivity index (χ3n) is 6.46. The average molecular weight is 476 g/mol. The van der Waals surface area contributed by atoms with Crippen LogP contribution in [0.15, 0.2) is 60.2 Å². The molecule has 0 radical (unpaired) electrons. The van der Waals surface area contributed by atoms with E-state index in [0.29, 0.717) is 4.88 Å². The first-order chi connectivity index (χ1) is 16.1. The van der Waals surface area contributed by atoms with Crippen molar-refractivity contribution in [3.63, 3.8) is 0 Å². The number of hydrogen-bond acceptors (Lipinski definition) is 5. The molecule has 5 rings (SSSR count). The van der Waals surface area contributed by atoms with Gasteiger partial charge in [-0.1, -0.05) is 38.1 Å². The van der Waals surface area contributed by atoms with Crippen molar-refractivity contribution in [2.75, 3.05) is 19.0 Å². The van der Waals surface area contributed by atoms with Gasteiger partial charge < -0.3 is 4.90 Å². The molecule has 0 atom stereocenters. The van der Waals surface area contributed by atoms with Gasteiger partial charge in [0.2, 0.25) is 0 Å². The molecule has 2 aliphatic rings. The first-order valence-electron chi connectivity index (χ1n) is 10.7. The standard InChI is InChI=1S/C26H22FN3O3S/c1-26(2)18-7-5-6-8-20(18)30(21-13-15(27)9-11-19(21)26)22-12-10-16(34-22)14-17-23(31)28(3)25(33)29(4)24(17)32/h5-14H,1-4H3. The zero-order chi connectivity index (χ0) is 24.4. The Labute approximate surface area is 200 Å². The molecule has 2 aliphatic heterocycles. The van der Waals surface area contributed by atoms with Gasteiger partial charge in [-0.3, -0.25) is 19.4 Å². The van der Waals surface area contributed by atoms with Crippen molar-refractivity contribution in [3.05, 3.63) is 82.0 Å². The highest BCUT2D eigenvalue weighted by Gasteiger charge is 2.39. The molecule has 0 spiro atoms. The van der Waals surface area contributed by atoms with Gasteiger partial charge in [0.25, 0.3) is 11.8 Å². The number of amides is 4. The van der Waals surface area contributed by atoms with E-state index in [1.165, 1.54) is 43.6 Å². The monoisotopic (exact) mass is 475 g/mol. The number of halogens is 1. The number of anilines is 3. The van der Waals surface area contributed by atoms with E-state index in [0.717, 1.165) is 37.3 Å². The Hall–Kier alpha value is -3.78. The average Bonchev–Trinajstić information content (AvgIpc) is 3.27. The van der Waals surface area contributed by atoms with E-state index >= 15 is 0 Å². The molecule has 6 nitrogen and oxygen atoms in total.